The standard InChI is InChI=1S/C13H22N2O/c14-12-9-3-1-2-8-11(12)13(16)15-10-6-4-5-7-10/h4-5,10-12H,1-3,6-9,14H2,(H,15,16). The molecule has 3 nitrogen and oxygen atoms in total. The smallest absolute Gasteiger partial charge is 0.224 e. The van der Waals surface area contributed by atoms with E-state index in [2.05, 4.69) is 17.5 Å². The Morgan fingerprint density at radius 2 is 1.81 bits per heavy atom. The molecule has 2 unspecified atom stereocenters. The normalized spacial score (nSPS) is 31.3. The lowest BCUT2D eigenvalue weighted by molar-refractivity contribution is -0.126. The number of nitrogens with one attached hydrogen (secondary N) is 1. The lowest BCUT2D eigenvalue weighted by Crippen LogP contribution is -2.44. The van der Waals surface area contributed by atoms with E-state index >= 15 is 0 Å². The third kappa shape index (κ3) is 2.85. The molecule has 2 aliphatic carbocycles. The Bertz CT molecular complexity index is 267. The van der Waals surface area contributed by atoms with Crippen LogP contribution in [-0.4, -0.2) is 18.0 Å². The van der Waals surface area contributed by atoms with Crippen LogP contribution in [0.15, 0.2) is 12.2 Å². The van der Waals surface area contributed by atoms with Crippen molar-refractivity contribution in [1.29, 1.82) is 0 Å². The molecule has 0 aliphatic heterocycles. The molecule has 0 bridgehead atoms. The minimum Gasteiger partial charge on any atom is -0.352 e. The zero-order valence-corrected chi connectivity index (χ0v) is 9.82. The lowest BCUT2D eigenvalue weighted by atomic mass is 9.94. The summed E-state index contributed by atoms with van der Waals surface area (Å²) in [4.78, 5) is 12.1. The Labute approximate surface area is 97.5 Å². The summed E-state index contributed by atoms with van der Waals surface area (Å²) in [5.74, 6) is 0.228. The van der Waals surface area contributed by atoms with Crippen LogP contribution < -0.4 is 11.1 Å². The lowest BCUT2D eigenvalue weighted by Gasteiger charge is -2.22. The molecule has 0 spiro atoms. The summed E-state index contributed by atoms with van der Waals surface area (Å²) in [5, 5.41) is 3.13. The van der Waals surface area contributed by atoms with Crippen LogP contribution in [-0.2, 0) is 4.79 Å². The van der Waals surface area contributed by atoms with Crippen molar-refractivity contribution >= 4 is 5.91 Å². The summed E-state index contributed by atoms with van der Waals surface area (Å²) < 4.78 is 0. The van der Waals surface area contributed by atoms with E-state index in [9.17, 15) is 4.79 Å². The van der Waals surface area contributed by atoms with E-state index in [1.165, 1.54) is 12.8 Å². The molecule has 2 atom stereocenters. The maximum atomic E-state index is 12.1. The number of hydrogen-bond acceptors (Lipinski definition) is 2. The molecule has 2 aliphatic rings. The molecule has 1 saturated carbocycles. The van der Waals surface area contributed by atoms with E-state index < -0.39 is 0 Å². The van der Waals surface area contributed by atoms with Gasteiger partial charge in [0.1, 0.15) is 0 Å². The first kappa shape index (κ1) is 11.6. The number of carbonyl (C=O) groups excluding carboxylic acids is 1. The van der Waals surface area contributed by atoms with Crippen molar-refractivity contribution in [1.82, 2.24) is 5.32 Å². The Morgan fingerprint density at radius 1 is 1.12 bits per heavy atom. The average Bonchev–Trinajstić information content (AvgIpc) is 2.66. The molecule has 0 aromatic carbocycles. The second-order valence-electron chi connectivity index (χ2n) is 5.06. The third-order valence-corrected chi connectivity index (χ3v) is 3.76. The molecule has 0 aromatic rings. The number of rotatable bonds is 2. The highest BCUT2D eigenvalue weighted by Gasteiger charge is 2.28. The summed E-state index contributed by atoms with van der Waals surface area (Å²) >= 11 is 0. The highest BCUT2D eigenvalue weighted by molar-refractivity contribution is 5.79. The fourth-order valence-electron chi connectivity index (χ4n) is 2.71. The van der Waals surface area contributed by atoms with E-state index in [-0.39, 0.29) is 17.9 Å². The number of hydrogen-bond donors (Lipinski definition) is 2. The first-order valence-corrected chi connectivity index (χ1v) is 6.48. The Morgan fingerprint density at radius 3 is 2.56 bits per heavy atom. The first-order valence-electron chi connectivity index (χ1n) is 6.48. The van der Waals surface area contributed by atoms with E-state index in [1.807, 2.05) is 0 Å². The number of carbonyl (C=O) groups is 1. The van der Waals surface area contributed by atoms with E-state index in [4.69, 9.17) is 5.73 Å². The van der Waals surface area contributed by atoms with Gasteiger partial charge in [0.25, 0.3) is 0 Å². The van der Waals surface area contributed by atoms with E-state index in [0.29, 0.717) is 6.04 Å². The molecule has 3 N–H and O–H groups in total. The van der Waals surface area contributed by atoms with Crippen LogP contribution in [0.4, 0.5) is 0 Å². The van der Waals surface area contributed by atoms with Crippen molar-refractivity contribution in [3.8, 4) is 0 Å². The van der Waals surface area contributed by atoms with Gasteiger partial charge in [-0.3, -0.25) is 4.79 Å². The Hall–Kier alpha value is -0.830. The van der Waals surface area contributed by atoms with Crippen molar-refractivity contribution in [3.05, 3.63) is 12.2 Å². The maximum absolute atomic E-state index is 12.1. The van der Waals surface area contributed by atoms with Crippen LogP contribution in [0, 0.1) is 5.92 Å². The van der Waals surface area contributed by atoms with Gasteiger partial charge in [-0.25, -0.2) is 0 Å². The molecule has 3 heteroatoms. The highest BCUT2D eigenvalue weighted by atomic mass is 16.2. The summed E-state index contributed by atoms with van der Waals surface area (Å²) in [6, 6.07) is 0.389. The molecule has 2 rings (SSSR count). The molecule has 1 fully saturated rings. The number of nitrogens with two attached hydrogens (primary N) is 1. The van der Waals surface area contributed by atoms with Gasteiger partial charge in [0.15, 0.2) is 0 Å². The van der Waals surface area contributed by atoms with Gasteiger partial charge in [0.05, 0.1) is 5.92 Å². The Kier molecular flexibility index (Phi) is 3.99. The number of amides is 1. The van der Waals surface area contributed by atoms with Crippen molar-refractivity contribution < 1.29 is 4.79 Å². The predicted octanol–water partition coefficient (Wildman–Crippen LogP) is 1.73. The predicted molar refractivity (Wildman–Crippen MR) is 64.9 cm³/mol. The fraction of sp³-hybridized carbons (Fsp3) is 0.769. The van der Waals surface area contributed by atoms with Gasteiger partial charge in [-0.05, 0) is 25.7 Å². The summed E-state index contributed by atoms with van der Waals surface area (Å²) in [6.07, 6.45) is 11.7. The van der Waals surface area contributed by atoms with E-state index in [1.54, 1.807) is 0 Å². The zero-order valence-electron chi connectivity index (χ0n) is 9.82. The van der Waals surface area contributed by atoms with Crippen molar-refractivity contribution in [2.75, 3.05) is 0 Å². The van der Waals surface area contributed by atoms with Gasteiger partial charge in [0.2, 0.25) is 5.91 Å². The molecule has 0 aromatic heterocycles. The van der Waals surface area contributed by atoms with Gasteiger partial charge in [-0.1, -0.05) is 31.4 Å². The second-order valence-corrected chi connectivity index (χ2v) is 5.06. The quantitative estimate of drug-likeness (QED) is 0.552. The SMILES string of the molecule is NC1CCCCCC1C(=O)NC1CC=CC1. The Balaban J connectivity index is 1.86. The van der Waals surface area contributed by atoms with Gasteiger partial charge < -0.3 is 11.1 Å². The summed E-state index contributed by atoms with van der Waals surface area (Å²) in [7, 11) is 0. The summed E-state index contributed by atoms with van der Waals surface area (Å²) in [5.41, 5.74) is 6.08. The first-order chi connectivity index (χ1) is 7.77. The van der Waals surface area contributed by atoms with Gasteiger partial charge >= 0.3 is 0 Å². The molecule has 16 heavy (non-hydrogen) atoms. The highest BCUT2D eigenvalue weighted by Crippen LogP contribution is 2.23. The second kappa shape index (κ2) is 5.48. The minimum absolute atomic E-state index is 0.0445. The molecule has 0 saturated heterocycles. The fourth-order valence-corrected chi connectivity index (χ4v) is 2.71. The average molecular weight is 222 g/mol. The van der Waals surface area contributed by atoms with Crippen LogP contribution in [0.1, 0.15) is 44.9 Å². The zero-order chi connectivity index (χ0) is 11.4. The van der Waals surface area contributed by atoms with Gasteiger partial charge in [0, 0.05) is 12.1 Å². The maximum Gasteiger partial charge on any atom is 0.224 e. The van der Waals surface area contributed by atoms with E-state index in [0.717, 1.165) is 32.1 Å². The van der Waals surface area contributed by atoms with Crippen LogP contribution >= 0.6 is 0 Å². The van der Waals surface area contributed by atoms with Crippen molar-refractivity contribution in [3.63, 3.8) is 0 Å². The molecule has 0 radical (unpaired) electrons. The van der Waals surface area contributed by atoms with Crippen LogP contribution in [0.5, 0.6) is 0 Å². The molecule has 1 amide bonds. The third-order valence-electron chi connectivity index (χ3n) is 3.76. The topological polar surface area (TPSA) is 55.1 Å². The minimum atomic E-state index is 0.0445. The van der Waals surface area contributed by atoms with Gasteiger partial charge in [-0.2, -0.15) is 0 Å². The van der Waals surface area contributed by atoms with Crippen LogP contribution in [0.25, 0.3) is 0 Å². The monoisotopic (exact) mass is 222 g/mol. The van der Waals surface area contributed by atoms with Crippen molar-refractivity contribution in [2.45, 2.75) is 57.0 Å². The molecule has 0 heterocycles. The van der Waals surface area contributed by atoms with Crippen molar-refractivity contribution in [2.24, 2.45) is 11.7 Å². The van der Waals surface area contributed by atoms with Crippen LogP contribution in [0.2, 0.25) is 0 Å². The largest absolute Gasteiger partial charge is 0.352 e. The summed E-state index contributed by atoms with van der Waals surface area (Å²) in [6.45, 7) is 0. The molecular formula is C13H22N2O. The molecular weight excluding hydrogens is 200 g/mol. The van der Waals surface area contributed by atoms with Crippen LogP contribution in [0.3, 0.4) is 0 Å². The van der Waals surface area contributed by atoms with Gasteiger partial charge in [-0.15, -0.1) is 0 Å². The molecule has 90 valence electrons.